The van der Waals surface area contributed by atoms with Crippen molar-refractivity contribution in [3.05, 3.63) is 12.4 Å². The summed E-state index contributed by atoms with van der Waals surface area (Å²) in [6.45, 7) is 3.39. The van der Waals surface area contributed by atoms with E-state index in [0.29, 0.717) is 5.41 Å². The Morgan fingerprint density at radius 2 is 2.04 bits per heavy atom. The van der Waals surface area contributed by atoms with E-state index in [2.05, 4.69) is 10.4 Å². The van der Waals surface area contributed by atoms with Gasteiger partial charge in [-0.1, -0.05) is 12.8 Å². The molecule has 2 saturated heterocycles. The van der Waals surface area contributed by atoms with E-state index in [1.807, 2.05) is 15.8 Å². The number of anilines is 1. The Morgan fingerprint density at radius 1 is 1.25 bits per heavy atom. The first-order valence-corrected chi connectivity index (χ1v) is 9.43. The molecular weight excluding hydrogens is 304 g/mol. The van der Waals surface area contributed by atoms with Crippen LogP contribution in [0.5, 0.6) is 0 Å². The summed E-state index contributed by atoms with van der Waals surface area (Å²) in [5.74, 6) is 0. The van der Waals surface area contributed by atoms with Gasteiger partial charge in [0.1, 0.15) is 0 Å². The van der Waals surface area contributed by atoms with Gasteiger partial charge in [-0.15, -0.1) is 0 Å². The molecule has 3 fully saturated rings. The van der Waals surface area contributed by atoms with Gasteiger partial charge in [-0.2, -0.15) is 5.10 Å². The van der Waals surface area contributed by atoms with Gasteiger partial charge in [-0.3, -0.25) is 4.68 Å². The third kappa shape index (κ3) is 3.43. The van der Waals surface area contributed by atoms with Gasteiger partial charge >= 0.3 is 6.03 Å². The highest BCUT2D eigenvalue weighted by atomic mass is 16.5. The van der Waals surface area contributed by atoms with Crippen LogP contribution in [-0.2, 0) is 11.3 Å². The molecule has 2 amide bonds. The maximum atomic E-state index is 12.5. The highest BCUT2D eigenvalue weighted by Gasteiger charge is 2.37. The molecular formula is C18H28N4O2. The van der Waals surface area contributed by atoms with Crippen LogP contribution in [-0.4, -0.2) is 46.5 Å². The molecule has 0 unspecified atom stereocenters. The maximum Gasteiger partial charge on any atom is 0.321 e. The van der Waals surface area contributed by atoms with E-state index in [9.17, 15) is 4.79 Å². The zero-order valence-corrected chi connectivity index (χ0v) is 14.4. The molecule has 0 bridgehead atoms. The number of hydrogen-bond donors (Lipinski definition) is 1. The number of aromatic nitrogens is 2. The van der Waals surface area contributed by atoms with Crippen LogP contribution >= 0.6 is 0 Å². The van der Waals surface area contributed by atoms with Crippen LogP contribution < -0.4 is 5.32 Å². The first-order chi connectivity index (χ1) is 11.7. The van der Waals surface area contributed by atoms with Gasteiger partial charge in [0.05, 0.1) is 24.5 Å². The van der Waals surface area contributed by atoms with Crippen molar-refractivity contribution in [1.29, 1.82) is 0 Å². The molecule has 1 spiro atoms. The fourth-order valence-corrected chi connectivity index (χ4v) is 4.54. The number of urea groups is 1. The summed E-state index contributed by atoms with van der Waals surface area (Å²) < 4.78 is 7.50. The molecule has 0 aromatic carbocycles. The van der Waals surface area contributed by atoms with Gasteiger partial charge in [-0.05, 0) is 43.9 Å². The summed E-state index contributed by atoms with van der Waals surface area (Å²) in [6.07, 6.45) is 13.9. The standard InChI is InChI=1S/C18H28N4O2/c23-17(21-9-7-18(8-10-21)5-1-2-6-18)20-15-12-19-22(13-15)14-16-4-3-11-24-16/h12-13,16H,1-11,14H2,(H,20,23)/t16-/m1/s1. The minimum Gasteiger partial charge on any atom is -0.376 e. The molecule has 1 N–H and O–H groups in total. The van der Waals surface area contributed by atoms with Crippen molar-refractivity contribution in [1.82, 2.24) is 14.7 Å². The fraction of sp³-hybridized carbons (Fsp3) is 0.778. The van der Waals surface area contributed by atoms with E-state index in [1.54, 1.807) is 6.20 Å². The van der Waals surface area contributed by atoms with Gasteiger partial charge in [0.15, 0.2) is 0 Å². The lowest BCUT2D eigenvalue weighted by atomic mass is 9.77. The van der Waals surface area contributed by atoms with Crippen LogP contribution in [0.25, 0.3) is 0 Å². The smallest absolute Gasteiger partial charge is 0.321 e. The average Bonchev–Trinajstić information content (AvgIpc) is 3.32. The van der Waals surface area contributed by atoms with Crippen LogP contribution in [0.1, 0.15) is 51.4 Å². The SMILES string of the molecule is O=C(Nc1cnn(C[C@H]2CCCO2)c1)N1CCC2(CCCC2)CC1. The monoisotopic (exact) mass is 332 g/mol. The second kappa shape index (κ2) is 6.75. The van der Waals surface area contributed by atoms with E-state index in [4.69, 9.17) is 4.74 Å². The predicted octanol–water partition coefficient (Wildman–Crippen LogP) is 3.25. The number of rotatable bonds is 3. The van der Waals surface area contributed by atoms with Crippen LogP contribution in [0.3, 0.4) is 0 Å². The van der Waals surface area contributed by atoms with Crippen LogP contribution in [0, 0.1) is 5.41 Å². The third-order valence-corrected chi connectivity index (χ3v) is 6.07. The molecule has 1 aromatic heterocycles. The number of ether oxygens (including phenoxy) is 1. The van der Waals surface area contributed by atoms with Crippen LogP contribution in [0.15, 0.2) is 12.4 Å². The molecule has 1 atom stereocenters. The Morgan fingerprint density at radius 3 is 2.75 bits per heavy atom. The quantitative estimate of drug-likeness (QED) is 0.924. The molecule has 1 saturated carbocycles. The Balaban J connectivity index is 1.27. The summed E-state index contributed by atoms with van der Waals surface area (Å²) in [6, 6.07) is 0.0134. The molecule has 6 nitrogen and oxygen atoms in total. The number of carbonyl (C=O) groups excluding carboxylic acids is 1. The van der Waals surface area contributed by atoms with Gasteiger partial charge in [0.2, 0.25) is 0 Å². The number of piperidine rings is 1. The molecule has 4 rings (SSSR count). The first-order valence-electron chi connectivity index (χ1n) is 9.43. The van der Waals surface area contributed by atoms with E-state index in [1.165, 1.54) is 38.5 Å². The van der Waals surface area contributed by atoms with Gasteiger partial charge in [0, 0.05) is 25.9 Å². The lowest BCUT2D eigenvalue weighted by Crippen LogP contribution is -2.44. The summed E-state index contributed by atoms with van der Waals surface area (Å²) in [5.41, 5.74) is 1.32. The van der Waals surface area contributed by atoms with Crippen LogP contribution in [0.4, 0.5) is 10.5 Å². The van der Waals surface area contributed by atoms with E-state index < -0.39 is 0 Å². The van der Waals surface area contributed by atoms with E-state index >= 15 is 0 Å². The van der Waals surface area contributed by atoms with Crippen molar-refractivity contribution in [3.8, 4) is 0 Å². The highest BCUT2D eigenvalue weighted by molar-refractivity contribution is 5.89. The zero-order chi connectivity index (χ0) is 16.4. The van der Waals surface area contributed by atoms with Gasteiger partial charge in [-0.25, -0.2) is 4.79 Å². The Labute approximate surface area is 143 Å². The number of amides is 2. The maximum absolute atomic E-state index is 12.5. The Hall–Kier alpha value is -1.56. The molecule has 0 radical (unpaired) electrons. The van der Waals surface area contributed by atoms with E-state index in [-0.39, 0.29) is 12.1 Å². The van der Waals surface area contributed by atoms with Gasteiger partial charge < -0.3 is 15.0 Å². The highest BCUT2D eigenvalue weighted by Crippen LogP contribution is 2.46. The molecule has 1 aliphatic carbocycles. The normalized spacial score (nSPS) is 26.2. The summed E-state index contributed by atoms with van der Waals surface area (Å²) in [7, 11) is 0. The summed E-state index contributed by atoms with van der Waals surface area (Å²) in [4.78, 5) is 14.4. The van der Waals surface area contributed by atoms with Crippen LogP contribution in [0.2, 0.25) is 0 Å². The minimum absolute atomic E-state index is 0.0134. The lowest BCUT2D eigenvalue weighted by Gasteiger charge is -2.39. The number of hydrogen-bond acceptors (Lipinski definition) is 3. The second-order valence-electron chi connectivity index (χ2n) is 7.71. The predicted molar refractivity (Wildman–Crippen MR) is 91.9 cm³/mol. The molecule has 3 aliphatic rings. The number of carbonyl (C=O) groups is 1. The molecule has 132 valence electrons. The molecule has 3 heterocycles. The topological polar surface area (TPSA) is 59.4 Å². The fourth-order valence-electron chi connectivity index (χ4n) is 4.54. The third-order valence-electron chi connectivity index (χ3n) is 6.07. The van der Waals surface area contributed by atoms with Crippen molar-refractivity contribution in [2.45, 2.75) is 64.0 Å². The first kappa shape index (κ1) is 15.9. The number of nitrogens with zero attached hydrogens (tertiary/aromatic N) is 3. The molecule has 6 heteroatoms. The molecule has 24 heavy (non-hydrogen) atoms. The van der Waals surface area contributed by atoms with Crippen molar-refractivity contribution in [3.63, 3.8) is 0 Å². The Kier molecular flexibility index (Phi) is 4.48. The second-order valence-corrected chi connectivity index (χ2v) is 7.71. The van der Waals surface area contributed by atoms with Crippen molar-refractivity contribution in [2.75, 3.05) is 25.0 Å². The largest absolute Gasteiger partial charge is 0.376 e. The van der Waals surface area contributed by atoms with Crippen molar-refractivity contribution in [2.24, 2.45) is 5.41 Å². The van der Waals surface area contributed by atoms with Crippen molar-refractivity contribution < 1.29 is 9.53 Å². The van der Waals surface area contributed by atoms with Gasteiger partial charge in [0.25, 0.3) is 0 Å². The van der Waals surface area contributed by atoms with E-state index in [0.717, 1.165) is 44.8 Å². The molecule has 1 aromatic rings. The van der Waals surface area contributed by atoms with Crippen molar-refractivity contribution >= 4 is 11.7 Å². The average molecular weight is 332 g/mol. The molecule has 2 aliphatic heterocycles. The Bertz CT molecular complexity index is 563. The summed E-state index contributed by atoms with van der Waals surface area (Å²) in [5, 5.41) is 7.34. The number of likely N-dealkylation sites (tertiary alicyclic amines) is 1. The summed E-state index contributed by atoms with van der Waals surface area (Å²) >= 11 is 0. The lowest BCUT2D eigenvalue weighted by molar-refractivity contribution is 0.0940. The zero-order valence-electron chi connectivity index (χ0n) is 14.4. The number of nitrogens with one attached hydrogen (secondary N) is 1. The minimum atomic E-state index is 0.0134.